The van der Waals surface area contributed by atoms with Crippen LogP contribution in [0.2, 0.25) is 5.02 Å². The lowest BCUT2D eigenvalue weighted by atomic mass is 9.99. The number of ether oxygens (including phenoxy) is 1. The summed E-state index contributed by atoms with van der Waals surface area (Å²) in [5.74, 6) is -1.47. The summed E-state index contributed by atoms with van der Waals surface area (Å²) in [6.07, 6.45) is 0.406. The number of benzene rings is 2. The van der Waals surface area contributed by atoms with Gasteiger partial charge in [-0.1, -0.05) is 43.6 Å². The third-order valence-electron chi connectivity index (χ3n) is 5.58. The molecule has 0 aliphatic carbocycles. The highest BCUT2D eigenvalue weighted by Crippen LogP contribution is 2.17. The van der Waals surface area contributed by atoms with Crippen molar-refractivity contribution in [1.29, 1.82) is 0 Å². The number of aromatic amines is 1. The first-order chi connectivity index (χ1) is 17.2. The van der Waals surface area contributed by atoms with Crippen molar-refractivity contribution in [2.45, 2.75) is 45.7 Å². The van der Waals surface area contributed by atoms with Crippen LogP contribution >= 0.6 is 11.6 Å². The minimum absolute atomic E-state index is 0.0345. The van der Waals surface area contributed by atoms with E-state index in [0.717, 1.165) is 5.39 Å². The molecule has 0 radical (unpaired) electrons. The van der Waals surface area contributed by atoms with Gasteiger partial charge in [0.15, 0.2) is 0 Å². The van der Waals surface area contributed by atoms with Crippen molar-refractivity contribution in [2.75, 3.05) is 6.61 Å². The molecule has 3 N–H and O–H groups in total. The zero-order valence-electron chi connectivity index (χ0n) is 20.5. The molecule has 0 aliphatic heterocycles. The highest BCUT2D eigenvalue weighted by atomic mass is 35.5. The Kier molecular flexibility index (Phi) is 9.25. The third kappa shape index (κ3) is 7.18. The lowest BCUT2D eigenvalue weighted by Crippen LogP contribution is -2.53. The van der Waals surface area contributed by atoms with Crippen LogP contribution in [0.3, 0.4) is 0 Å². The van der Waals surface area contributed by atoms with Crippen LogP contribution < -0.4 is 16.2 Å². The first kappa shape index (κ1) is 26.9. The number of rotatable bonds is 10. The average molecular weight is 512 g/mol. The van der Waals surface area contributed by atoms with E-state index < -0.39 is 29.9 Å². The Bertz CT molecular complexity index is 1290. The number of nitrogens with one attached hydrogen (secondary N) is 3. The standard InChI is InChI=1S/C27H30ClN3O5/c1-4-36-27(35)23(13-16(2)3)31-26(34)22(30-25(33)17-9-11-19(28)12-10-17)14-18-15-24(32)29-21-8-6-5-7-20(18)21/h5-12,15-16,22-23H,4,13-14H2,1-3H3,(H,29,32)(H,30,33)(H,31,34). The van der Waals surface area contributed by atoms with Crippen LogP contribution in [0, 0.1) is 5.92 Å². The molecule has 3 aromatic rings. The number of H-pyrrole nitrogens is 1. The molecule has 9 heteroatoms. The molecule has 0 saturated carbocycles. The lowest BCUT2D eigenvalue weighted by molar-refractivity contribution is -0.148. The molecule has 0 bridgehead atoms. The van der Waals surface area contributed by atoms with E-state index in [0.29, 0.717) is 28.1 Å². The monoisotopic (exact) mass is 511 g/mol. The molecule has 0 saturated heterocycles. The van der Waals surface area contributed by atoms with Gasteiger partial charge < -0.3 is 20.4 Å². The maximum atomic E-state index is 13.4. The average Bonchev–Trinajstić information content (AvgIpc) is 2.83. The molecule has 2 atom stereocenters. The van der Waals surface area contributed by atoms with Crippen LogP contribution in [-0.4, -0.2) is 41.5 Å². The Morgan fingerprint density at radius 2 is 1.69 bits per heavy atom. The minimum atomic E-state index is -1.07. The summed E-state index contributed by atoms with van der Waals surface area (Å²) in [5.41, 5.74) is 1.20. The largest absolute Gasteiger partial charge is 0.464 e. The quantitative estimate of drug-likeness (QED) is 0.359. The van der Waals surface area contributed by atoms with Gasteiger partial charge in [-0.05, 0) is 55.2 Å². The summed E-state index contributed by atoms with van der Waals surface area (Å²) in [7, 11) is 0. The Balaban J connectivity index is 1.94. The van der Waals surface area contributed by atoms with Crippen LogP contribution in [0.5, 0.6) is 0 Å². The molecule has 8 nitrogen and oxygen atoms in total. The van der Waals surface area contributed by atoms with Crippen molar-refractivity contribution in [3.63, 3.8) is 0 Å². The van der Waals surface area contributed by atoms with Gasteiger partial charge in [0.25, 0.3) is 5.91 Å². The number of carbonyl (C=O) groups is 3. The van der Waals surface area contributed by atoms with Gasteiger partial charge in [0.05, 0.1) is 6.61 Å². The maximum Gasteiger partial charge on any atom is 0.328 e. The van der Waals surface area contributed by atoms with E-state index in [1.165, 1.54) is 6.07 Å². The van der Waals surface area contributed by atoms with Gasteiger partial charge >= 0.3 is 5.97 Å². The van der Waals surface area contributed by atoms with Crippen molar-refractivity contribution in [1.82, 2.24) is 15.6 Å². The Labute approximate surface area is 214 Å². The molecular formula is C27H30ClN3O5. The highest BCUT2D eigenvalue weighted by molar-refractivity contribution is 6.30. The van der Waals surface area contributed by atoms with E-state index in [1.807, 2.05) is 26.0 Å². The van der Waals surface area contributed by atoms with Crippen LogP contribution in [0.15, 0.2) is 59.4 Å². The molecule has 36 heavy (non-hydrogen) atoms. The van der Waals surface area contributed by atoms with Crippen molar-refractivity contribution >= 4 is 40.3 Å². The van der Waals surface area contributed by atoms with Crippen LogP contribution in [0.25, 0.3) is 10.9 Å². The van der Waals surface area contributed by atoms with E-state index in [2.05, 4.69) is 15.6 Å². The van der Waals surface area contributed by atoms with Gasteiger partial charge in [0.1, 0.15) is 12.1 Å². The van der Waals surface area contributed by atoms with E-state index in [1.54, 1.807) is 43.3 Å². The van der Waals surface area contributed by atoms with Crippen molar-refractivity contribution in [3.8, 4) is 0 Å². The molecule has 2 aromatic carbocycles. The van der Waals surface area contributed by atoms with E-state index in [4.69, 9.17) is 16.3 Å². The van der Waals surface area contributed by atoms with Gasteiger partial charge in [0.2, 0.25) is 11.5 Å². The number of para-hydroxylation sites is 1. The fraction of sp³-hybridized carbons (Fsp3) is 0.333. The molecule has 1 aromatic heterocycles. The summed E-state index contributed by atoms with van der Waals surface area (Å²) in [5, 5.41) is 6.73. The number of halogens is 1. The number of hydrogen-bond donors (Lipinski definition) is 3. The number of aromatic nitrogens is 1. The Morgan fingerprint density at radius 1 is 1.00 bits per heavy atom. The first-order valence-corrected chi connectivity index (χ1v) is 12.2. The fourth-order valence-electron chi connectivity index (χ4n) is 3.92. The van der Waals surface area contributed by atoms with Gasteiger partial charge in [-0.2, -0.15) is 0 Å². The second-order valence-electron chi connectivity index (χ2n) is 8.88. The van der Waals surface area contributed by atoms with Gasteiger partial charge in [-0.3, -0.25) is 14.4 Å². The second kappa shape index (κ2) is 12.4. The van der Waals surface area contributed by atoms with Gasteiger partial charge in [0, 0.05) is 34.0 Å². The number of carbonyl (C=O) groups excluding carboxylic acids is 3. The number of pyridine rings is 1. The van der Waals surface area contributed by atoms with Crippen LogP contribution in [0.1, 0.15) is 43.1 Å². The molecule has 2 amide bonds. The van der Waals surface area contributed by atoms with Gasteiger partial charge in [-0.15, -0.1) is 0 Å². The lowest BCUT2D eigenvalue weighted by Gasteiger charge is -2.24. The van der Waals surface area contributed by atoms with Crippen molar-refractivity contribution in [2.24, 2.45) is 5.92 Å². The van der Waals surface area contributed by atoms with E-state index in [-0.39, 0.29) is 24.5 Å². The molecule has 0 fully saturated rings. The molecule has 1 heterocycles. The summed E-state index contributed by atoms with van der Waals surface area (Å²) in [6, 6.07) is 12.9. The molecular weight excluding hydrogens is 482 g/mol. The number of amides is 2. The zero-order valence-corrected chi connectivity index (χ0v) is 21.2. The smallest absolute Gasteiger partial charge is 0.328 e. The van der Waals surface area contributed by atoms with Crippen LogP contribution in [-0.2, 0) is 20.7 Å². The van der Waals surface area contributed by atoms with E-state index in [9.17, 15) is 19.2 Å². The minimum Gasteiger partial charge on any atom is -0.464 e. The van der Waals surface area contributed by atoms with Gasteiger partial charge in [-0.25, -0.2) is 4.79 Å². The molecule has 0 spiro atoms. The number of esters is 1. The molecule has 190 valence electrons. The normalized spacial score (nSPS) is 12.7. The van der Waals surface area contributed by atoms with Crippen LogP contribution in [0.4, 0.5) is 0 Å². The predicted molar refractivity (Wildman–Crippen MR) is 139 cm³/mol. The SMILES string of the molecule is CCOC(=O)C(CC(C)C)NC(=O)C(Cc1cc(=O)[nH]c2ccccc12)NC(=O)c1ccc(Cl)cc1. The summed E-state index contributed by atoms with van der Waals surface area (Å²) in [6.45, 7) is 5.74. The molecule has 0 aliphatic rings. The zero-order chi connectivity index (χ0) is 26.2. The van der Waals surface area contributed by atoms with Crippen molar-refractivity contribution in [3.05, 3.63) is 81.1 Å². The van der Waals surface area contributed by atoms with E-state index >= 15 is 0 Å². The Hall–Kier alpha value is -3.65. The molecule has 3 rings (SSSR count). The predicted octanol–water partition coefficient (Wildman–Crippen LogP) is 3.62. The first-order valence-electron chi connectivity index (χ1n) is 11.8. The topological polar surface area (TPSA) is 117 Å². The highest BCUT2D eigenvalue weighted by Gasteiger charge is 2.29. The fourth-order valence-corrected chi connectivity index (χ4v) is 4.04. The second-order valence-corrected chi connectivity index (χ2v) is 9.32. The molecule has 2 unspecified atom stereocenters. The van der Waals surface area contributed by atoms with Crippen molar-refractivity contribution < 1.29 is 19.1 Å². The summed E-state index contributed by atoms with van der Waals surface area (Å²) < 4.78 is 5.14. The third-order valence-corrected chi connectivity index (χ3v) is 5.84. The summed E-state index contributed by atoms with van der Waals surface area (Å²) in [4.78, 5) is 54.0. The maximum absolute atomic E-state index is 13.4. The Morgan fingerprint density at radius 3 is 2.36 bits per heavy atom. The number of fused-ring (bicyclic) bond motifs is 1. The summed E-state index contributed by atoms with van der Waals surface area (Å²) >= 11 is 5.93. The number of hydrogen-bond acceptors (Lipinski definition) is 5.